The Kier molecular flexibility index (Phi) is 3.25. The summed E-state index contributed by atoms with van der Waals surface area (Å²) >= 11 is 0. The molecule has 0 amide bonds. The largest absolute Gasteiger partial charge is 0.325 e. The lowest BCUT2D eigenvalue weighted by molar-refractivity contribution is 0.112. The summed E-state index contributed by atoms with van der Waals surface area (Å²) in [4.78, 5) is 10.8. The topological polar surface area (TPSA) is 43.1 Å². The van der Waals surface area contributed by atoms with Gasteiger partial charge in [0, 0.05) is 11.1 Å². The monoisotopic (exact) mass is 209 g/mol. The quantitative estimate of drug-likeness (QED) is 0.776. The van der Waals surface area contributed by atoms with Gasteiger partial charge in [-0.3, -0.25) is 4.79 Å². The Morgan fingerprint density at radius 2 is 2.07 bits per heavy atom. The minimum Gasteiger partial charge on any atom is -0.325 e. The zero-order valence-corrected chi connectivity index (χ0v) is 9.30. The number of nitrogens with two attached hydrogens (primary N) is 1. The Balaban J connectivity index is 3.16. The van der Waals surface area contributed by atoms with Crippen LogP contribution in [0.25, 0.3) is 0 Å². The Bertz CT molecular complexity index is 380. The van der Waals surface area contributed by atoms with E-state index in [0.717, 1.165) is 6.29 Å². The molecule has 3 heteroatoms. The van der Waals surface area contributed by atoms with Gasteiger partial charge in [-0.15, -0.1) is 0 Å². The highest BCUT2D eigenvalue weighted by atomic mass is 19.1. The molecule has 0 aromatic heterocycles. The van der Waals surface area contributed by atoms with Crippen molar-refractivity contribution in [2.75, 3.05) is 0 Å². The maximum Gasteiger partial charge on any atom is 0.150 e. The molecule has 1 aromatic carbocycles. The van der Waals surface area contributed by atoms with Gasteiger partial charge in [-0.1, -0.05) is 0 Å². The number of carbonyl (C=O) groups excluding carboxylic acids is 1. The molecule has 0 unspecified atom stereocenters. The molecule has 0 heterocycles. The lowest BCUT2D eigenvalue weighted by Crippen LogP contribution is -2.34. The molecule has 82 valence electrons. The van der Waals surface area contributed by atoms with E-state index in [4.69, 9.17) is 5.73 Å². The highest BCUT2D eigenvalue weighted by Gasteiger charge is 2.15. The predicted octanol–water partition coefficient (Wildman–Crippen LogP) is 2.23. The van der Waals surface area contributed by atoms with Crippen LogP contribution in [-0.2, 0) is 6.42 Å². The zero-order valence-electron chi connectivity index (χ0n) is 9.30. The van der Waals surface area contributed by atoms with E-state index in [2.05, 4.69) is 0 Å². The summed E-state index contributed by atoms with van der Waals surface area (Å²) in [6.45, 7) is 5.33. The van der Waals surface area contributed by atoms with Crippen molar-refractivity contribution in [1.29, 1.82) is 0 Å². The molecule has 0 saturated heterocycles. The van der Waals surface area contributed by atoms with Crippen molar-refractivity contribution in [2.45, 2.75) is 32.7 Å². The molecular formula is C12H16FNO. The number of benzene rings is 1. The molecule has 0 aliphatic carbocycles. The van der Waals surface area contributed by atoms with Gasteiger partial charge in [0.15, 0.2) is 0 Å². The second-order valence-electron chi connectivity index (χ2n) is 4.58. The van der Waals surface area contributed by atoms with Crippen LogP contribution in [0.4, 0.5) is 4.39 Å². The van der Waals surface area contributed by atoms with Crippen LogP contribution >= 0.6 is 0 Å². The summed E-state index contributed by atoms with van der Waals surface area (Å²) in [6.07, 6.45) is 1.23. The van der Waals surface area contributed by atoms with Gasteiger partial charge in [0.25, 0.3) is 0 Å². The molecule has 0 aliphatic heterocycles. The van der Waals surface area contributed by atoms with E-state index in [1.807, 2.05) is 13.8 Å². The van der Waals surface area contributed by atoms with E-state index in [1.54, 1.807) is 13.0 Å². The van der Waals surface area contributed by atoms with Gasteiger partial charge < -0.3 is 5.73 Å². The predicted molar refractivity (Wildman–Crippen MR) is 58.5 cm³/mol. The number of aryl methyl sites for hydroxylation is 1. The van der Waals surface area contributed by atoms with Crippen molar-refractivity contribution in [3.05, 3.63) is 34.6 Å². The van der Waals surface area contributed by atoms with Crippen LogP contribution in [0.3, 0.4) is 0 Å². The van der Waals surface area contributed by atoms with E-state index < -0.39 is 5.54 Å². The normalized spacial score (nSPS) is 11.5. The minimum absolute atomic E-state index is 0.292. The Hall–Kier alpha value is -1.22. The first kappa shape index (κ1) is 11.9. The molecular weight excluding hydrogens is 193 g/mol. The fourth-order valence-corrected chi connectivity index (χ4v) is 1.50. The molecule has 0 radical (unpaired) electrons. The highest BCUT2D eigenvalue weighted by Crippen LogP contribution is 2.18. The van der Waals surface area contributed by atoms with Crippen molar-refractivity contribution in [3.8, 4) is 0 Å². The van der Waals surface area contributed by atoms with E-state index in [0.29, 0.717) is 23.1 Å². The van der Waals surface area contributed by atoms with Crippen molar-refractivity contribution >= 4 is 6.29 Å². The van der Waals surface area contributed by atoms with Crippen LogP contribution < -0.4 is 5.73 Å². The lowest BCUT2D eigenvalue weighted by Gasteiger charge is -2.19. The van der Waals surface area contributed by atoms with E-state index in [9.17, 15) is 9.18 Å². The fraction of sp³-hybridized carbons (Fsp3) is 0.417. The molecule has 2 N–H and O–H groups in total. The summed E-state index contributed by atoms with van der Waals surface area (Å²) in [7, 11) is 0. The SMILES string of the molecule is Cc1cc(C=O)c(CC(C)(C)N)cc1F. The second-order valence-corrected chi connectivity index (χ2v) is 4.58. The Morgan fingerprint density at radius 3 is 2.53 bits per heavy atom. The van der Waals surface area contributed by atoms with Crippen LogP contribution in [-0.4, -0.2) is 11.8 Å². The van der Waals surface area contributed by atoms with Gasteiger partial charge in [-0.25, -0.2) is 4.39 Å². The molecule has 1 aromatic rings. The fourth-order valence-electron chi connectivity index (χ4n) is 1.50. The summed E-state index contributed by atoms with van der Waals surface area (Å²) < 4.78 is 13.3. The van der Waals surface area contributed by atoms with E-state index >= 15 is 0 Å². The molecule has 2 nitrogen and oxygen atoms in total. The third-order valence-electron chi connectivity index (χ3n) is 2.19. The number of hydrogen-bond donors (Lipinski definition) is 1. The van der Waals surface area contributed by atoms with Crippen LogP contribution in [0.15, 0.2) is 12.1 Å². The maximum atomic E-state index is 13.3. The number of halogens is 1. The Morgan fingerprint density at radius 1 is 1.47 bits per heavy atom. The zero-order chi connectivity index (χ0) is 11.6. The van der Waals surface area contributed by atoms with Crippen molar-refractivity contribution in [3.63, 3.8) is 0 Å². The molecule has 0 fully saturated rings. The summed E-state index contributed by atoms with van der Waals surface area (Å²) in [6, 6.07) is 2.96. The minimum atomic E-state index is -0.445. The number of hydrogen-bond acceptors (Lipinski definition) is 2. The summed E-state index contributed by atoms with van der Waals surface area (Å²) in [5.74, 6) is -0.292. The summed E-state index contributed by atoms with van der Waals surface area (Å²) in [5, 5.41) is 0. The average molecular weight is 209 g/mol. The van der Waals surface area contributed by atoms with Gasteiger partial charge in [-0.05, 0) is 50.5 Å². The van der Waals surface area contributed by atoms with Crippen molar-refractivity contribution < 1.29 is 9.18 Å². The molecule has 15 heavy (non-hydrogen) atoms. The first-order chi connectivity index (χ1) is 6.83. The number of carbonyl (C=O) groups is 1. The van der Waals surface area contributed by atoms with Crippen molar-refractivity contribution in [2.24, 2.45) is 5.73 Å². The smallest absolute Gasteiger partial charge is 0.150 e. The molecule has 1 rings (SSSR count). The van der Waals surface area contributed by atoms with Gasteiger partial charge >= 0.3 is 0 Å². The van der Waals surface area contributed by atoms with Gasteiger partial charge in [0.05, 0.1) is 0 Å². The second kappa shape index (κ2) is 4.11. The van der Waals surface area contributed by atoms with Gasteiger partial charge in [0.1, 0.15) is 12.1 Å². The molecule has 0 atom stereocenters. The molecule has 0 bridgehead atoms. The lowest BCUT2D eigenvalue weighted by atomic mass is 9.92. The number of rotatable bonds is 3. The molecule has 0 aliphatic rings. The van der Waals surface area contributed by atoms with Crippen LogP contribution in [0.5, 0.6) is 0 Å². The van der Waals surface area contributed by atoms with Crippen LogP contribution in [0.1, 0.15) is 35.3 Å². The highest BCUT2D eigenvalue weighted by molar-refractivity contribution is 5.77. The van der Waals surface area contributed by atoms with Gasteiger partial charge in [0.2, 0.25) is 0 Å². The third-order valence-corrected chi connectivity index (χ3v) is 2.19. The third kappa shape index (κ3) is 3.13. The van der Waals surface area contributed by atoms with Crippen LogP contribution in [0, 0.1) is 12.7 Å². The number of aldehydes is 1. The Labute approximate surface area is 89.3 Å². The molecule has 0 spiro atoms. The first-order valence-corrected chi connectivity index (χ1v) is 4.86. The van der Waals surface area contributed by atoms with Crippen LogP contribution in [0.2, 0.25) is 0 Å². The standard InChI is InChI=1S/C12H16FNO/c1-8-4-10(7-15)9(5-11(8)13)6-12(2,3)14/h4-5,7H,6,14H2,1-3H3. The van der Waals surface area contributed by atoms with Gasteiger partial charge in [-0.2, -0.15) is 0 Å². The first-order valence-electron chi connectivity index (χ1n) is 4.86. The summed E-state index contributed by atoms with van der Waals surface area (Å²) in [5.41, 5.74) is 7.07. The van der Waals surface area contributed by atoms with Crippen molar-refractivity contribution in [1.82, 2.24) is 0 Å². The molecule has 0 saturated carbocycles. The maximum absolute atomic E-state index is 13.3. The average Bonchev–Trinajstić information content (AvgIpc) is 2.08. The van der Waals surface area contributed by atoms with E-state index in [1.165, 1.54) is 6.07 Å². The van der Waals surface area contributed by atoms with E-state index in [-0.39, 0.29) is 5.82 Å².